The quantitative estimate of drug-likeness (QED) is 0.663. The van der Waals surface area contributed by atoms with Gasteiger partial charge in [0.05, 0.1) is 4.90 Å². The van der Waals surface area contributed by atoms with E-state index in [2.05, 4.69) is 0 Å². The molecule has 2 N–H and O–H groups in total. The zero-order valence-corrected chi connectivity index (χ0v) is 16.5. The molecule has 3 atom stereocenters. The van der Waals surface area contributed by atoms with Crippen LogP contribution in [0.2, 0.25) is 0 Å². The van der Waals surface area contributed by atoms with Crippen LogP contribution in [0.3, 0.4) is 0 Å². The van der Waals surface area contributed by atoms with E-state index in [4.69, 9.17) is 14.2 Å². The lowest BCUT2D eigenvalue weighted by Crippen LogP contribution is -2.60. The molecule has 0 spiro atoms. The average molecular weight is 419 g/mol. The predicted molar refractivity (Wildman–Crippen MR) is 102 cm³/mol. The van der Waals surface area contributed by atoms with E-state index in [1.54, 1.807) is 12.1 Å². The fourth-order valence-electron chi connectivity index (χ4n) is 3.87. The minimum atomic E-state index is -4.25. The normalized spacial score (nSPS) is 22.2. The molecule has 2 aliphatic rings. The molecular formula is C20H21NO7S. The lowest BCUT2D eigenvalue weighted by Gasteiger charge is -2.29. The smallest absolute Gasteiger partial charge is 0.396 e. The number of hydrogen-bond acceptors (Lipinski definition) is 6. The second kappa shape index (κ2) is 7.33. The SMILES string of the molecule is COC(NS(=O)(=O)c1ccccc1)(Oc1cccc2c1OC1CCCC21)C(=O)O. The van der Waals surface area contributed by atoms with Crippen LogP contribution in [-0.2, 0) is 19.6 Å². The maximum absolute atomic E-state index is 12.7. The number of carboxylic acid groups (broad SMARTS) is 1. The molecule has 1 heterocycles. The summed E-state index contributed by atoms with van der Waals surface area (Å²) >= 11 is 0. The van der Waals surface area contributed by atoms with Gasteiger partial charge in [0.15, 0.2) is 11.5 Å². The van der Waals surface area contributed by atoms with E-state index in [-0.39, 0.29) is 22.7 Å². The first kappa shape index (κ1) is 19.7. The molecule has 4 rings (SSSR count). The molecule has 0 radical (unpaired) electrons. The van der Waals surface area contributed by atoms with Gasteiger partial charge in [-0.15, -0.1) is 4.72 Å². The van der Waals surface area contributed by atoms with E-state index in [0.29, 0.717) is 5.75 Å². The maximum Gasteiger partial charge on any atom is 0.396 e. The summed E-state index contributed by atoms with van der Waals surface area (Å²) in [6.45, 7) is 0. The highest BCUT2D eigenvalue weighted by Crippen LogP contribution is 2.51. The molecule has 2 aromatic carbocycles. The van der Waals surface area contributed by atoms with Crippen LogP contribution in [0.1, 0.15) is 30.7 Å². The first-order valence-corrected chi connectivity index (χ1v) is 10.7. The van der Waals surface area contributed by atoms with Crippen molar-refractivity contribution in [3.8, 4) is 11.5 Å². The average Bonchev–Trinajstić information content (AvgIpc) is 3.30. The highest BCUT2D eigenvalue weighted by atomic mass is 32.2. The molecule has 154 valence electrons. The number of sulfonamides is 1. The van der Waals surface area contributed by atoms with E-state index < -0.39 is 21.9 Å². The summed E-state index contributed by atoms with van der Waals surface area (Å²) in [5.74, 6) is -3.53. The van der Waals surface area contributed by atoms with Crippen LogP contribution in [0.25, 0.3) is 0 Å². The summed E-state index contributed by atoms with van der Waals surface area (Å²) in [5.41, 5.74) is 0.936. The number of carbonyl (C=O) groups is 1. The zero-order valence-electron chi connectivity index (χ0n) is 15.7. The van der Waals surface area contributed by atoms with Crippen molar-refractivity contribution in [2.45, 2.75) is 42.1 Å². The number of methoxy groups -OCH3 is 1. The molecule has 8 nitrogen and oxygen atoms in total. The molecule has 0 aromatic heterocycles. The van der Waals surface area contributed by atoms with Gasteiger partial charge in [0.2, 0.25) is 10.0 Å². The highest BCUT2D eigenvalue weighted by molar-refractivity contribution is 7.89. The molecule has 1 aliphatic carbocycles. The van der Waals surface area contributed by atoms with E-state index in [1.165, 1.54) is 30.3 Å². The van der Waals surface area contributed by atoms with Gasteiger partial charge >= 0.3 is 11.9 Å². The summed E-state index contributed by atoms with van der Waals surface area (Å²) in [6, 6.07) is 12.6. The fourth-order valence-corrected chi connectivity index (χ4v) is 5.07. The summed E-state index contributed by atoms with van der Waals surface area (Å²) < 4.78 is 44.2. The van der Waals surface area contributed by atoms with Crippen LogP contribution in [0.5, 0.6) is 11.5 Å². The second-order valence-corrected chi connectivity index (χ2v) is 8.70. The van der Waals surface area contributed by atoms with Crippen LogP contribution in [0, 0.1) is 0 Å². The van der Waals surface area contributed by atoms with Crippen LogP contribution in [-0.4, -0.2) is 38.6 Å². The number of ether oxygens (including phenoxy) is 3. The third kappa shape index (κ3) is 3.45. The lowest BCUT2D eigenvalue weighted by molar-refractivity contribution is -0.207. The Balaban J connectivity index is 1.69. The van der Waals surface area contributed by atoms with E-state index in [0.717, 1.165) is 31.9 Å². The number of benzene rings is 2. The Bertz CT molecular complexity index is 1020. The molecule has 0 amide bonds. The Morgan fingerprint density at radius 3 is 2.62 bits per heavy atom. The van der Waals surface area contributed by atoms with Crippen molar-refractivity contribution in [3.63, 3.8) is 0 Å². The number of nitrogens with one attached hydrogen (secondary N) is 1. The van der Waals surface area contributed by atoms with Gasteiger partial charge in [-0.2, -0.15) is 0 Å². The Morgan fingerprint density at radius 1 is 1.17 bits per heavy atom. The predicted octanol–water partition coefficient (Wildman–Crippen LogP) is 2.46. The van der Waals surface area contributed by atoms with Crippen LogP contribution in [0.15, 0.2) is 53.4 Å². The molecule has 1 fully saturated rings. The molecule has 9 heteroatoms. The third-order valence-corrected chi connectivity index (χ3v) is 6.71. The van der Waals surface area contributed by atoms with Gasteiger partial charge in [0.25, 0.3) is 0 Å². The molecular weight excluding hydrogens is 398 g/mol. The van der Waals surface area contributed by atoms with Crippen molar-refractivity contribution in [2.75, 3.05) is 7.11 Å². The van der Waals surface area contributed by atoms with Crippen molar-refractivity contribution < 1.29 is 32.5 Å². The lowest BCUT2D eigenvalue weighted by atomic mass is 9.97. The number of hydrogen-bond donors (Lipinski definition) is 2. The molecule has 3 unspecified atom stereocenters. The standard InChI is InChI=1S/C20H21NO7S/c1-26-20(19(22)23,21-29(24,25)13-7-3-2-4-8-13)28-17-12-6-10-15-14-9-5-11-16(14)27-18(15)17/h2-4,6-8,10,12,14,16,21H,5,9,11H2,1H3,(H,22,23). The minimum absolute atomic E-state index is 0.0255. The molecule has 1 saturated carbocycles. The second-order valence-electron chi connectivity index (χ2n) is 7.01. The van der Waals surface area contributed by atoms with Crippen LogP contribution < -0.4 is 14.2 Å². The van der Waals surface area contributed by atoms with Gasteiger partial charge in [-0.05, 0) is 37.5 Å². The largest absolute Gasteiger partial charge is 0.486 e. The molecule has 0 bridgehead atoms. The van der Waals surface area contributed by atoms with Crippen molar-refractivity contribution in [3.05, 3.63) is 54.1 Å². The van der Waals surface area contributed by atoms with Gasteiger partial charge in [-0.3, -0.25) is 0 Å². The Hall–Kier alpha value is -2.62. The first-order chi connectivity index (χ1) is 13.9. The Kier molecular flexibility index (Phi) is 4.97. The van der Waals surface area contributed by atoms with E-state index in [1.807, 2.05) is 10.8 Å². The van der Waals surface area contributed by atoms with Crippen molar-refractivity contribution in [1.29, 1.82) is 0 Å². The minimum Gasteiger partial charge on any atom is -0.486 e. The maximum atomic E-state index is 12.7. The van der Waals surface area contributed by atoms with Crippen molar-refractivity contribution >= 4 is 16.0 Å². The summed E-state index contributed by atoms with van der Waals surface area (Å²) in [6.07, 6.45) is 2.98. The van der Waals surface area contributed by atoms with Crippen LogP contribution >= 0.6 is 0 Å². The number of carboxylic acids is 1. The van der Waals surface area contributed by atoms with E-state index in [9.17, 15) is 18.3 Å². The molecule has 2 aromatic rings. The monoisotopic (exact) mass is 419 g/mol. The summed E-state index contributed by atoms with van der Waals surface area (Å²) in [7, 11) is -3.19. The summed E-state index contributed by atoms with van der Waals surface area (Å²) in [5, 5.41) is 9.79. The topological polar surface area (TPSA) is 111 Å². The first-order valence-electron chi connectivity index (χ1n) is 9.22. The molecule has 29 heavy (non-hydrogen) atoms. The number of rotatable bonds is 7. The van der Waals surface area contributed by atoms with Crippen molar-refractivity contribution in [2.24, 2.45) is 0 Å². The van der Waals surface area contributed by atoms with Gasteiger partial charge in [0, 0.05) is 18.6 Å². The van der Waals surface area contributed by atoms with Crippen LogP contribution in [0.4, 0.5) is 0 Å². The third-order valence-electron chi connectivity index (χ3n) is 5.28. The number of fused-ring (bicyclic) bond motifs is 3. The van der Waals surface area contributed by atoms with Gasteiger partial charge < -0.3 is 19.3 Å². The highest BCUT2D eigenvalue weighted by Gasteiger charge is 2.48. The van der Waals surface area contributed by atoms with E-state index >= 15 is 0 Å². The number of aliphatic carboxylic acids is 1. The molecule has 1 aliphatic heterocycles. The fraction of sp³-hybridized carbons (Fsp3) is 0.350. The number of para-hydroxylation sites is 1. The van der Waals surface area contributed by atoms with Gasteiger partial charge in [-0.25, -0.2) is 13.2 Å². The van der Waals surface area contributed by atoms with Crippen molar-refractivity contribution in [1.82, 2.24) is 4.72 Å². The Labute approximate surface area is 168 Å². The van der Waals surface area contributed by atoms with Gasteiger partial charge in [-0.1, -0.05) is 30.3 Å². The van der Waals surface area contributed by atoms with Gasteiger partial charge in [0.1, 0.15) is 6.10 Å². The summed E-state index contributed by atoms with van der Waals surface area (Å²) in [4.78, 5) is 11.9. The molecule has 0 saturated heterocycles. The Morgan fingerprint density at radius 2 is 1.93 bits per heavy atom. The zero-order chi connectivity index (χ0) is 20.6.